The third-order valence-corrected chi connectivity index (χ3v) is 8.68. The van der Waals surface area contributed by atoms with E-state index < -0.39 is 20.0 Å². The van der Waals surface area contributed by atoms with Gasteiger partial charge >= 0.3 is 0 Å². The zero-order valence-electron chi connectivity index (χ0n) is 19.9. The summed E-state index contributed by atoms with van der Waals surface area (Å²) in [7, 11) is -4.36. The summed E-state index contributed by atoms with van der Waals surface area (Å²) in [5.41, 5.74) is 2.75. The Labute approximate surface area is 196 Å². The highest BCUT2D eigenvalue weighted by Crippen LogP contribution is 2.32. The number of anilines is 2. The second kappa shape index (κ2) is 8.73. The minimum Gasteiger partial charge on any atom is -0.310 e. The van der Waals surface area contributed by atoms with Crippen LogP contribution in [-0.4, -0.2) is 60.5 Å². The maximum Gasteiger partial charge on any atom is 0.247 e. The molecule has 0 unspecified atom stereocenters. The second-order valence-electron chi connectivity index (χ2n) is 9.44. The van der Waals surface area contributed by atoms with Gasteiger partial charge in [-0.05, 0) is 53.3 Å². The molecule has 0 aromatic heterocycles. The normalized spacial score (nSPS) is 14.5. The number of sulfonamides is 2. The highest BCUT2D eigenvalue weighted by molar-refractivity contribution is 7.92. The molecule has 180 valence electrons. The van der Waals surface area contributed by atoms with Crippen molar-refractivity contribution in [3.8, 4) is 0 Å². The van der Waals surface area contributed by atoms with Crippen LogP contribution in [0.4, 0.5) is 11.4 Å². The zero-order chi connectivity index (χ0) is 24.8. The highest BCUT2D eigenvalue weighted by Gasteiger charge is 2.30. The molecule has 0 fully saturated rings. The van der Waals surface area contributed by atoms with Gasteiger partial charge in [0, 0.05) is 26.3 Å². The van der Waals surface area contributed by atoms with Crippen LogP contribution in [0, 0.1) is 0 Å². The summed E-state index contributed by atoms with van der Waals surface area (Å²) < 4.78 is 52.1. The number of rotatable bonds is 6. The van der Waals surface area contributed by atoms with E-state index in [0.29, 0.717) is 24.3 Å². The van der Waals surface area contributed by atoms with Gasteiger partial charge in [0.05, 0.1) is 16.8 Å². The summed E-state index contributed by atoms with van der Waals surface area (Å²) in [4.78, 5) is 14.8. The van der Waals surface area contributed by atoms with Crippen molar-refractivity contribution in [3.63, 3.8) is 0 Å². The van der Waals surface area contributed by atoms with Gasteiger partial charge in [0.25, 0.3) is 0 Å². The molecule has 0 aliphatic carbocycles. The number of carbonyl (C=O) groups excluding carboxylic acids is 1. The van der Waals surface area contributed by atoms with Crippen molar-refractivity contribution in [1.82, 2.24) is 4.31 Å². The van der Waals surface area contributed by atoms with Crippen LogP contribution in [0.2, 0.25) is 0 Å². The van der Waals surface area contributed by atoms with Crippen LogP contribution in [0.5, 0.6) is 0 Å². The number of nitrogens with zero attached hydrogens (tertiary/aromatic N) is 3. The Hall–Kier alpha value is -2.43. The summed E-state index contributed by atoms with van der Waals surface area (Å²) in [5.74, 6) is -0.373. The molecule has 0 saturated carbocycles. The number of amides is 1. The van der Waals surface area contributed by atoms with Crippen LogP contribution in [-0.2, 0) is 36.7 Å². The molecule has 10 heteroatoms. The van der Waals surface area contributed by atoms with E-state index in [2.05, 4.69) is 20.8 Å². The zero-order valence-corrected chi connectivity index (χ0v) is 21.5. The maximum absolute atomic E-state index is 13.1. The van der Waals surface area contributed by atoms with Crippen molar-refractivity contribution >= 4 is 37.3 Å². The van der Waals surface area contributed by atoms with Gasteiger partial charge in [-0.1, -0.05) is 32.9 Å². The van der Waals surface area contributed by atoms with Crippen molar-refractivity contribution in [2.45, 2.75) is 37.5 Å². The fourth-order valence-electron chi connectivity index (χ4n) is 3.74. The Bertz CT molecular complexity index is 1260. The first-order valence-electron chi connectivity index (χ1n) is 10.6. The van der Waals surface area contributed by atoms with E-state index in [1.165, 1.54) is 25.1 Å². The average molecular weight is 494 g/mol. The molecule has 0 radical (unpaired) electrons. The Morgan fingerprint density at radius 2 is 1.61 bits per heavy atom. The van der Waals surface area contributed by atoms with Crippen LogP contribution in [0.3, 0.4) is 0 Å². The molecule has 1 heterocycles. The number of carbonyl (C=O) groups is 1. The highest BCUT2D eigenvalue weighted by atomic mass is 32.2. The van der Waals surface area contributed by atoms with E-state index in [4.69, 9.17) is 0 Å². The topological polar surface area (TPSA) is 95.1 Å². The van der Waals surface area contributed by atoms with E-state index in [1.807, 2.05) is 12.1 Å². The predicted molar refractivity (Wildman–Crippen MR) is 131 cm³/mol. The average Bonchev–Trinajstić information content (AvgIpc) is 3.13. The lowest BCUT2D eigenvalue weighted by atomic mass is 9.87. The largest absolute Gasteiger partial charge is 0.310 e. The van der Waals surface area contributed by atoms with E-state index in [0.717, 1.165) is 26.0 Å². The first-order valence-corrected chi connectivity index (χ1v) is 13.9. The van der Waals surface area contributed by atoms with Gasteiger partial charge in [0.15, 0.2) is 0 Å². The Kier molecular flexibility index (Phi) is 6.67. The molecule has 0 saturated heterocycles. The van der Waals surface area contributed by atoms with Gasteiger partial charge < -0.3 is 4.90 Å². The van der Waals surface area contributed by atoms with E-state index in [-0.39, 0.29) is 22.8 Å². The van der Waals surface area contributed by atoms with Crippen molar-refractivity contribution < 1.29 is 21.6 Å². The van der Waals surface area contributed by atoms with Crippen molar-refractivity contribution in [3.05, 3.63) is 53.6 Å². The van der Waals surface area contributed by atoms with Gasteiger partial charge in [-0.2, -0.15) is 0 Å². The third-order valence-electron chi connectivity index (χ3n) is 5.73. The van der Waals surface area contributed by atoms with Crippen LogP contribution in [0.15, 0.2) is 47.4 Å². The Morgan fingerprint density at radius 3 is 2.12 bits per heavy atom. The van der Waals surface area contributed by atoms with Crippen LogP contribution in [0.1, 0.15) is 31.9 Å². The fraction of sp³-hybridized carbons (Fsp3) is 0.435. The van der Waals surface area contributed by atoms with E-state index >= 15 is 0 Å². The number of hydrogen-bond donors (Lipinski definition) is 0. The Morgan fingerprint density at radius 1 is 1.00 bits per heavy atom. The molecule has 2 aromatic rings. The lowest BCUT2D eigenvalue weighted by molar-refractivity contribution is -0.117. The molecule has 0 atom stereocenters. The van der Waals surface area contributed by atoms with Gasteiger partial charge in [0.2, 0.25) is 26.0 Å². The lowest BCUT2D eigenvalue weighted by Crippen LogP contribution is -2.42. The van der Waals surface area contributed by atoms with Gasteiger partial charge in [-0.15, -0.1) is 0 Å². The molecule has 33 heavy (non-hydrogen) atoms. The standard InChI is InChI=1S/C23H31N3O5S2/c1-23(2,3)18-7-9-19(10-8-18)26(32(6,28)29)16-22(27)25-14-13-17-15-20(11-12-21(17)25)33(30,31)24(4)5/h7-12,15H,13-14,16H2,1-6H3. The predicted octanol–water partition coefficient (Wildman–Crippen LogP) is 2.59. The molecule has 1 aliphatic heterocycles. The molecule has 0 spiro atoms. The molecule has 1 amide bonds. The molecule has 8 nitrogen and oxygen atoms in total. The summed E-state index contributed by atoms with van der Waals surface area (Å²) in [5, 5.41) is 0. The van der Waals surface area contributed by atoms with Crippen molar-refractivity contribution in [2.24, 2.45) is 0 Å². The summed E-state index contributed by atoms with van der Waals surface area (Å²) in [6, 6.07) is 11.8. The minimum absolute atomic E-state index is 0.0809. The monoisotopic (exact) mass is 493 g/mol. The summed E-state index contributed by atoms with van der Waals surface area (Å²) in [6.07, 6.45) is 1.57. The third kappa shape index (κ3) is 5.23. The molecule has 0 bridgehead atoms. The van der Waals surface area contributed by atoms with Crippen LogP contribution < -0.4 is 9.21 Å². The first-order chi connectivity index (χ1) is 15.1. The van der Waals surface area contributed by atoms with Crippen LogP contribution >= 0.6 is 0 Å². The van der Waals surface area contributed by atoms with Gasteiger partial charge in [0.1, 0.15) is 6.54 Å². The van der Waals surface area contributed by atoms with Gasteiger partial charge in [-0.3, -0.25) is 9.10 Å². The SMILES string of the molecule is CN(C)S(=O)(=O)c1ccc2c(c1)CCN2C(=O)CN(c1ccc(C(C)(C)C)cc1)S(C)(=O)=O. The summed E-state index contributed by atoms with van der Waals surface area (Å²) in [6.45, 7) is 6.23. The molecular formula is C23H31N3O5S2. The van der Waals surface area contributed by atoms with Crippen LogP contribution in [0.25, 0.3) is 0 Å². The summed E-state index contributed by atoms with van der Waals surface area (Å²) >= 11 is 0. The molecule has 2 aromatic carbocycles. The number of fused-ring (bicyclic) bond motifs is 1. The van der Waals surface area contributed by atoms with Crippen molar-refractivity contribution in [1.29, 1.82) is 0 Å². The first kappa shape index (κ1) is 25.2. The second-order valence-corrected chi connectivity index (χ2v) is 13.5. The number of benzene rings is 2. The Balaban J connectivity index is 1.87. The fourth-order valence-corrected chi connectivity index (χ4v) is 5.55. The lowest BCUT2D eigenvalue weighted by Gasteiger charge is -2.26. The molecule has 3 rings (SSSR count). The van der Waals surface area contributed by atoms with Crippen molar-refractivity contribution in [2.75, 3.05) is 42.6 Å². The maximum atomic E-state index is 13.1. The smallest absolute Gasteiger partial charge is 0.247 e. The minimum atomic E-state index is -3.70. The molecular weight excluding hydrogens is 462 g/mol. The molecule has 0 N–H and O–H groups in total. The quantitative estimate of drug-likeness (QED) is 0.616. The molecule has 1 aliphatic rings. The number of hydrogen-bond acceptors (Lipinski definition) is 5. The van der Waals surface area contributed by atoms with Gasteiger partial charge in [-0.25, -0.2) is 21.1 Å². The van der Waals surface area contributed by atoms with E-state index in [9.17, 15) is 21.6 Å². The van der Waals surface area contributed by atoms with E-state index in [1.54, 1.807) is 24.3 Å².